The zero-order chi connectivity index (χ0) is 15.9. The van der Waals surface area contributed by atoms with Crippen LogP contribution in [0.4, 0.5) is 5.69 Å². The van der Waals surface area contributed by atoms with Gasteiger partial charge < -0.3 is 10.1 Å². The van der Waals surface area contributed by atoms with Crippen LogP contribution in [0.2, 0.25) is 0 Å². The number of ether oxygens (including phenoxy) is 1. The topological polar surface area (TPSA) is 62.1 Å². The van der Waals surface area contributed by atoms with Crippen molar-refractivity contribution in [2.45, 2.75) is 17.1 Å². The highest BCUT2D eigenvalue weighted by atomic mass is 32.2. The van der Waals surface area contributed by atoms with Crippen LogP contribution in [0.15, 0.2) is 53.4 Å². The van der Waals surface area contributed by atoms with Crippen LogP contribution in [0.25, 0.3) is 0 Å². The first-order valence-electron chi connectivity index (χ1n) is 6.74. The summed E-state index contributed by atoms with van der Waals surface area (Å²) in [6.07, 6.45) is 0. The number of nitriles is 1. The molecule has 0 aromatic heterocycles. The zero-order valence-electron chi connectivity index (χ0n) is 12.4. The molecule has 4 nitrogen and oxygen atoms in total. The molecule has 0 bridgehead atoms. The summed E-state index contributed by atoms with van der Waals surface area (Å²) in [5, 5.41) is 11.4. The van der Waals surface area contributed by atoms with Crippen molar-refractivity contribution in [3.63, 3.8) is 0 Å². The molecule has 112 valence electrons. The number of carbonyl (C=O) groups excluding carboxylic acids is 1. The molecular weight excluding hydrogens is 296 g/mol. The Hall–Kier alpha value is -2.45. The van der Waals surface area contributed by atoms with Gasteiger partial charge in [0.25, 0.3) is 0 Å². The molecule has 2 aromatic rings. The Balaban J connectivity index is 1.94. The fourth-order valence-electron chi connectivity index (χ4n) is 1.78. The molecule has 0 heterocycles. The summed E-state index contributed by atoms with van der Waals surface area (Å²) in [6.45, 7) is 1.86. The third-order valence-electron chi connectivity index (χ3n) is 3.02. The smallest absolute Gasteiger partial charge is 0.237 e. The first-order valence-corrected chi connectivity index (χ1v) is 7.62. The minimum Gasteiger partial charge on any atom is -0.497 e. The van der Waals surface area contributed by atoms with Crippen LogP contribution in [0.5, 0.6) is 5.75 Å². The number of benzene rings is 2. The van der Waals surface area contributed by atoms with Crippen LogP contribution in [-0.4, -0.2) is 18.3 Å². The molecule has 0 aliphatic heterocycles. The number of rotatable bonds is 5. The molecule has 5 heteroatoms. The molecule has 0 spiro atoms. The van der Waals surface area contributed by atoms with Gasteiger partial charge >= 0.3 is 0 Å². The number of anilines is 1. The quantitative estimate of drug-likeness (QED) is 0.855. The van der Waals surface area contributed by atoms with E-state index in [9.17, 15) is 4.79 Å². The van der Waals surface area contributed by atoms with Gasteiger partial charge in [-0.1, -0.05) is 0 Å². The van der Waals surface area contributed by atoms with Gasteiger partial charge in [0, 0.05) is 10.6 Å². The van der Waals surface area contributed by atoms with Crippen molar-refractivity contribution in [2.24, 2.45) is 0 Å². The molecular formula is C17H16N2O2S. The first-order chi connectivity index (χ1) is 10.6. The second kappa shape index (κ2) is 7.53. The predicted molar refractivity (Wildman–Crippen MR) is 88.1 cm³/mol. The second-order valence-corrected chi connectivity index (χ2v) is 6.03. The lowest BCUT2D eigenvalue weighted by molar-refractivity contribution is -0.115. The van der Waals surface area contributed by atoms with Gasteiger partial charge in [0.2, 0.25) is 5.91 Å². The summed E-state index contributed by atoms with van der Waals surface area (Å²) in [6, 6.07) is 16.4. The number of carbonyl (C=O) groups is 1. The number of thioether (sulfide) groups is 1. The second-order valence-electron chi connectivity index (χ2n) is 4.61. The number of hydrogen-bond acceptors (Lipinski definition) is 4. The Morgan fingerprint density at radius 3 is 2.36 bits per heavy atom. The molecule has 0 fully saturated rings. The van der Waals surface area contributed by atoms with Crippen LogP contribution < -0.4 is 10.1 Å². The van der Waals surface area contributed by atoms with Gasteiger partial charge in [0.15, 0.2) is 0 Å². The van der Waals surface area contributed by atoms with Gasteiger partial charge in [-0.2, -0.15) is 5.26 Å². The van der Waals surface area contributed by atoms with Crippen molar-refractivity contribution in [2.75, 3.05) is 12.4 Å². The molecule has 2 aromatic carbocycles. The molecule has 1 amide bonds. The molecule has 0 aliphatic carbocycles. The zero-order valence-corrected chi connectivity index (χ0v) is 13.2. The standard InChI is InChI=1S/C17H16N2O2S/c1-12(22-16-9-7-15(21-2)8-10-16)17(20)19-14-5-3-13(11-18)4-6-14/h3-10,12H,1-2H3,(H,19,20). The van der Waals surface area contributed by atoms with Crippen LogP contribution in [0.1, 0.15) is 12.5 Å². The molecule has 1 atom stereocenters. The molecule has 0 saturated heterocycles. The molecule has 0 radical (unpaired) electrons. The molecule has 0 saturated carbocycles. The summed E-state index contributed by atoms with van der Waals surface area (Å²) >= 11 is 1.48. The largest absolute Gasteiger partial charge is 0.497 e. The van der Waals surface area contributed by atoms with Crippen molar-refractivity contribution in [3.05, 3.63) is 54.1 Å². The highest BCUT2D eigenvalue weighted by molar-refractivity contribution is 8.00. The average Bonchev–Trinajstić information content (AvgIpc) is 2.56. The fourth-order valence-corrected chi connectivity index (χ4v) is 2.65. The summed E-state index contributed by atoms with van der Waals surface area (Å²) in [7, 11) is 1.62. The SMILES string of the molecule is COc1ccc(SC(C)C(=O)Nc2ccc(C#N)cc2)cc1. The minimum atomic E-state index is -0.232. The van der Waals surface area contributed by atoms with E-state index in [0.717, 1.165) is 10.6 Å². The lowest BCUT2D eigenvalue weighted by Gasteiger charge is -2.12. The molecule has 2 rings (SSSR count). The van der Waals surface area contributed by atoms with Crippen molar-refractivity contribution in [1.29, 1.82) is 5.26 Å². The van der Waals surface area contributed by atoms with Crippen LogP contribution in [0.3, 0.4) is 0 Å². The highest BCUT2D eigenvalue weighted by Gasteiger charge is 2.14. The normalized spacial score (nSPS) is 11.3. The Bertz CT molecular complexity index is 675. The van der Waals surface area contributed by atoms with Gasteiger partial charge in [0.05, 0.1) is 24.0 Å². The van der Waals surface area contributed by atoms with E-state index in [1.165, 1.54) is 11.8 Å². The van der Waals surface area contributed by atoms with Crippen molar-refractivity contribution < 1.29 is 9.53 Å². The maximum Gasteiger partial charge on any atom is 0.237 e. The van der Waals surface area contributed by atoms with Gasteiger partial charge in [-0.3, -0.25) is 4.79 Å². The van der Waals surface area contributed by atoms with E-state index in [0.29, 0.717) is 11.3 Å². The molecule has 1 N–H and O–H groups in total. The van der Waals surface area contributed by atoms with Crippen molar-refractivity contribution in [3.8, 4) is 11.8 Å². The van der Waals surface area contributed by atoms with Gasteiger partial charge in [-0.15, -0.1) is 11.8 Å². The summed E-state index contributed by atoms with van der Waals surface area (Å²) in [4.78, 5) is 13.2. The maximum atomic E-state index is 12.2. The van der Waals surface area contributed by atoms with Crippen LogP contribution in [0, 0.1) is 11.3 Å². The Morgan fingerprint density at radius 1 is 1.18 bits per heavy atom. The number of nitrogens with zero attached hydrogens (tertiary/aromatic N) is 1. The fraction of sp³-hybridized carbons (Fsp3) is 0.176. The Labute approximate surface area is 134 Å². The van der Waals surface area contributed by atoms with E-state index >= 15 is 0 Å². The molecule has 1 unspecified atom stereocenters. The summed E-state index contributed by atoms with van der Waals surface area (Å²) in [5.41, 5.74) is 1.25. The van der Waals surface area contributed by atoms with E-state index < -0.39 is 0 Å². The third-order valence-corrected chi connectivity index (χ3v) is 4.14. The number of methoxy groups -OCH3 is 1. The number of amides is 1. The summed E-state index contributed by atoms with van der Waals surface area (Å²) in [5.74, 6) is 0.713. The van der Waals surface area contributed by atoms with E-state index in [2.05, 4.69) is 5.32 Å². The Morgan fingerprint density at radius 2 is 1.82 bits per heavy atom. The van der Waals surface area contributed by atoms with E-state index in [-0.39, 0.29) is 11.2 Å². The van der Waals surface area contributed by atoms with Crippen molar-refractivity contribution in [1.82, 2.24) is 0 Å². The third kappa shape index (κ3) is 4.27. The molecule has 0 aliphatic rings. The monoisotopic (exact) mass is 312 g/mol. The van der Waals surface area contributed by atoms with E-state index in [4.69, 9.17) is 10.00 Å². The first kappa shape index (κ1) is 15.9. The minimum absolute atomic E-state index is 0.0782. The lowest BCUT2D eigenvalue weighted by atomic mass is 10.2. The van der Waals surface area contributed by atoms with Gasteiger partial charge in [-0.05, 0) is 55.5 Å². The van der Waals surface area contributed by atoms with Gasteiger partial charge in [0.1, 0.15) is 5.75 Å². The highest BCUT2D eigenvalue weighted by Crippen LogP contribution is 2.26. The molecule has 22 heavy (non-hydrogen) atoms. The van der Waals surface area contributed by atoms with E-state index in [1.807, 2.05) is 37.3 Å². The number of nitrogens with one attached hydrogen (secondary N) is 1. The lowest BCUT2D eigenvalue weighted by Crippen LogP contribution is -2.22. The van der Waals surface area contributed by atoms with Gasteiger partial charge in [-0.25, -0.2) is 0 Å². The predicted octanol–water partition coefficient (Wildman–Crippen LogP) is 3.69. The van der Waals surface area contributed by atoms with Crippen LogP contribution in [-0.2, 0) is 4.79 Å². The number of hydrogen-bond donors (Lipinski definition) is 1. The summed E-state index contributed by atoms with van der Waals surface area (Å²) < 4.78 is 5.11. The average molecular weight is 312 g/mol. The van der Waals surface area contributed by atoms with E-state index in [1.54, 1.807) is 31.4 Å². The van der Waals surface area contributed by atoms with Crippen LogP contribution >= 0.6 is 11.8 Å². The maximum absolute atomic E-state index is 12.2. The Kier molecular flexibility index (Phi) is 5.45. The van der Waals surface area contributed by atoms with Crippen molar-refractivity contribution >= 4 is 23.4 Å².